The monoisotopic (exact) mass is 482 g/mol. The van der Waals surface area contributed by atoms with E-state index in [-0.39, 0.29) is 16.4 Å². The van der Waals surface area contributed by atoms with E-state index in [1.807, 2.05) is 11.0 Å². The highest BCUT2D eigenvalue weighted by molar-refractivity contribution is 7.96. The van der Waals surface area contributed by atoms with Gasteiger partial charge in [0.25, 0.3) is 0 Å². The third kappa shape index (κ3) is 4.49. The molecular formula is C22H27ClN2O4S2. The third-order valence-corrected chi connectivity index (χ3v) is 10.9. The van der Waals surface area contributed by atoms with Crippen molar-refractivity contribution in [2.24, 2.45) is 0 Å². The summed E-state index contributed by atoms with van der Waals surface area (Å²) in [7, 11) is -7.23. The number of hydrogen-bond acceptors (Lipinski definition) is 6. The van der Waals surface area contributed by atoms with Crippen molar-refractivity contribution in [2.45, 2.75) is 30.0 Å². The Labute approximate surface area is 189 Å². The lowest BCUT2D eigenvalue weighted by Crippen LogP contribution is -2.55. The van der Waals surface area contributed by atoms with Crippen LogP contribution in [0, 0.1) is 13.8 Å². The highest BCUT2D eigenvalue weighted by Gasteiger charge is 2.48. The molecule has 4 rings (SSSR count). The normalized spacial score (nSPS) is 24.4. The number of piperazine rings is 1. The van der Waals surface area contributed by atoms with Crippen LogP contribution in [0.15, 0.2) is 47.4 Å². The molecule has 0 aromatic heterocycles. The molecule has 2 aromatic carbocycles. The largest absolute Gasteiger partial charge is 0.369 e. The van der Waals surface area contributed by atoms with Crippen LogP contribution in [-0.2, 0) is 19.7 Å². The van der Waals surface area contributed by atoms with E-state index < -0.39 is 31.0 Å². The predicted molar refractivity (Wildman–Crippen MR) is 125 cm³/mol. The Hall–Kier alpha value is -1.61. The standard InChI is InChI=1S/C22H27ClN2O4S2/c1-16-4-3-5-20(17(16)2)24-10-12-25(13-11-24)21-14-30(26,27)15-22(21)31(28,29)19-8-6-18(23)7-9-19/h3-9,21-22H,10-15H2,1-2H3. The molecule has 2 saturated heterocycles. The smallest absolute Gasteiger partial charge is 0.183 e. The quantitative estimate of drug-likeness (QED) is 0.667. The first kappa shape index (κ1) is 22.6. The molecule has 2 aliphatic heterocycles. The molecule has 31 heavy (non-hydrogen) atoms. The molecule has 0 N–H and O–H groups in total. The fourth-order valence-electron chi connectivity index (χ4n) is 4.61. The molecule has 2 unspecified atom stereocenters. The number of hydrogen-bond donors (Lipinski definition) is 0. The van der Waals surface area contributed by atoms with Gasteiger partial charge in [-0.3, -0.25) is 4.90 Å². The average molecular weight is 483 g/mol. The SMILES string of the molecule is Cc1cccc(N2CCN(C3CS(=O)(=O)CC3S(=O)(=O)c3ccc(Cl)cc3)CC2)c1C. The van der Waals surface area contributed by atoms with Crippen LogP contribution in [0.2, 0.25) is 5.02 Å². The molecule has 168 valence electrons. The van der Waals surface area contributed by atoms with Crippen molar-refractivity contribution in [3.63, 3.8) is 0 Å². The molecule has 0 radical (unpaired) electrons. The minimum Gasteiger partial charge on any atom is -0.369 e. The first-order chi connectivity index (χ1) is 14.6. The van der Waals surface area contributed by atoms with Gasteiger partial charge >= 0.3 is 0 Å². The molecule has 6 nitrogen and oxygen atoms in total. The van der Waals surface area contributed by atoms with Crippen molar-refractivity contribution in [2.75, 3.05) is 42.6 Å². The first-order valence-corrected chi connectivity index (χ1v) is 14.1. The van der Waals surface area contributed by atoms with Gasteiger partial charge < -0.3 is 4.90 Å². The van der Waals surface area contributed by atoms with Gasteiger partial charge in [-0.15, -0.1) is 0 Å². The van der Waals surface area contributed by atoms with E-state index in [0.29, 0.717) is 18.1 Å². The number of rotatable bonds is 4. The Balaban J connectivity index is 1.55. The summed E-state index contributed by atoms with van der Waals surface area (Å²) in [6.45, 7) is 6.91. The molecular weight excluding hydrogens is 456 g/mol. The van der Waals surface area contributed by atoms with Crippen molar-refractivity contribution in [1.82, 2.24) is 4.90 Å². The molecule has 0 spiro atoms. The van der Waals surface area contributed by atoms with Crippen molar-refractivity contribution in [3.8, 4) is 0 Å². The van der Waals surface area contributed by atoms with Crippen LogP contribution >= 0.6 is 11.6 Å². The fourth-order valence-corrected chi connectivity index (χ4v) is 9.56. The van der Waals surface area contributed by atoms with E-state index in [1.54, 1.807) is 0 Å². The van der Waals surface area contributed by atoms with E-state index in [2.05, 4.69) is 30.9 Å². The van der Waals surface area contributed by atoms with Crippen LogP contribution in [0.5, 0.6) is 0 Å². The molecule has 0 aliphatic carbocycles. The van der Waals surface area contributed by atoms with Crippen molar-refractivity contribution in [3.05, 3.63) is 58.6 Å². The number of halogens is 1. The number of aryl methyl sites for hydroxylation is 1. The number of sulfone groups is 2. The second kappa shape index (κ2) is 8.39. The summed E-state index contributed by atoms with van der Waals surface area (Å²) in [5, 5.41) is -0.525. The second-order valence-corrected chi connectivity index (χ2v) is 13.2. The van der Waals surface area contributed by atoms with E-state index in [0.717, 1.165) is 13.1 Å². The summed E-state index contributed by atoms with van der Waals surface area (Å²) in [6.07, 6.45) is 0. The maximum Gasteiger partial charge on any atom is 0.183 e. The Morgan fingerprint density at radius 3 is 2.23 bits per heavy atom. The number of nitrogens with zero attached hydrogens (tertiary/aromatic N) is 2. The average Bonchev–Trinajstić information content (AvgIpc) is 3.07. The lowest BCUT2D eigenvalue weighted by molar-refractivity contribution is 0.201. The summed E-state index contributed by atoms with van der Waals surface area (Å²) >= 11 is 5.90. The van der Waals surface area contributed by atoms with Gasteiger partial charge in [0.2, 0.25) is 0 Å². The van der Waals surface area contributed by atoms with Crippen molar-refractivity contribution >= 4 is 37.0 Å². The van der Waals surface area contributed by atoms with Gasteiger partial charge in [-0.05, 0) is 55.3 Å². The highest BCUT2D eigenvalue weighted by Crippen LogP contribution is 2.31. The number of benzene rings is 2. The summed E-state index contributed by atoms with van der Waals surface area (Å²) in [4.78, 5) is 4.47. The zero-order valence-corrected chi connectivity index (χ0v) is 20.0. The molecule has 9 heteroatoms. The van der Waals surface area contributed by atoms with E-state index in [1.165, 1.54) is 41.1 Å². The second-order valence-electron chi connectivity index (χ2n) is 8.42. The van der Waals surface area contributed by atoms with Gasteiger partial charge in [0.15, 0.2) is 19.7 Å². The minimum atomic E-state index is -3.80. The zero-order chi connectivity index (χ0) is 22.4. The zero-order valence-electron chi connectivity index (χ0n) is 17.7. The number of anilines is 1. The molecule has 0 saturated carbocycles. The van der Waals surface area contributed by atoms with Crippen LogP contribution in [0.25, 0.3) is 0 Å². The molecule has 0 amide bonds. The van der Waals surface area contributed by atoms with Gasteiger partial charge in [0, 0.05) is 42.9 Å². The molecule has 0 bridgehead atoms. The summed E-state index contributed by atoms with van der Waals surface area (Å²) in [6, 6.07) is 11.7. The summed E-state index contributed by atoms with van der Waals surface area (Å²) in [5.41, 5.74) is 3.66. The molecule has 2 heterocycles. The highest BCUT2D eigenvalue weighted by atomic mass is 35.5. The lowest BCUT2D eigenvalue weighted by atomic mass is 10.1. The van der Waals surface area contributed by atoms with Crippen LogP contribution in [0.4, 0.5) is 5.69 Å². The fraction of sp³-hybridized carbons (Fsp3) is 0.455. The molecule has 2 aliphatic rings. The minimum absolute atomic E-state index is 0.117. The van der Waals surface area contributed by atoms with Gasteiger partial charge in [0.05, 0.1) is 21.7 Å². The van der Waals surface area contributed by atoms with E-state index in [9.17, 15) is 16.8 Å². The molecule has 2 aromatic rings. The van der Waals surface area contributed by atoms with Crippen LogP contribution in [0.1, 0.15) is 11.1 Å². The molecule has 2 fully saturated rings. The maximum atomic E-state index is 13.3. The third-order valence-electron chi connectivity index (χ3n) is 6.51. The van der Waals surface area contributed by atoms with E-state index >= 15 is 0 Å². The Morgan fingerprint density at radius 2 is 1.58 bits per heavy atom. The lowest BCUT2D eigenvalue weighted by Gasteiger charge is -2.40. The van der Waals surface area contributed by atoms with Crippen molar-refractivity contribution < 1.29 is 16.8 Å². The van der Waals surface area contributed by atoms with E-state index in [4.69, 9.17) is 11.6 Å². The van der Waals surface area contributed by atoms with Crippen molar-refractivity contribution in [1.29, 1.82) is 0 Å². The Bertz CT molecular complexity index is 1170. The molecule has 2 atom stereocenters. The van der Waals surface area contributed by atoms with Gasteiger partial charge in [-0.1, -0.05) is 23.7 Å². The summed E-state index contributed by atoms with van der Waals surface area (Å²) in [5.74, 6) is -0.451. The summed E-state index contributed by atoms with van der Waals surface area (Å²) < 4.78 is 51.6. The van der Waals surface area contributed by atoms with Crippen LogP contribution in [-0.4, -0.2) is 70.7 Å². The predicted octanol–water partition coefficient (Wildman–Crippen LogP) is 2.72. The first-order valence-electron chi connectivity index (χ1n) is 10.3. The van der Waals surface area contributed by atoms with Gasteiger partial charge in [0.1, 0.15) is 0 Å². The van der Waals surface area contributed by atoms with Gasteiger partial charge in [-0.25, -0.2) is 16.8 Å². The maximum absolute atomic E-state index is 13.3. The Morgan fingerprint density at radius 1 is 0.935 bits per heavy atom. The van der Waals surface area contributed by atoms with Gasteiger partial charge in [-0.2, -0.15) is 0 Å². The Kier molecular flexibility index (Phi) is 6.11. The van der Waals surface area contributed by atoms with Crippen LogP contribution in [0.3, 0.4) is 0 Å². The topological polar surface area (TPSA) is 74.8 Å². The van der Waals surface area contributed by atoms with Crippen LogP contribution < -0.4 is 4.90 Å².